The fourth-order valence-electron chi connectivity index (χ4n) is 2.15. The normalized spacial score (nSPS) is 13.8. The molecular formula is C15H28BrN3. The van der Waals surface area contributed by atoms with E-state index in [1.165, 1.54) is 16.6 Å². The summed E-state index contributed by atoms with van der Waals surface area (Å²) in [5.41, 5.74) is 2.61. The molecule has 0 amide bonds. The van der Waals surface area contributed by atoms with Gasteiger partial charge in [0.05, 0.1) is 15.9 Å². The summed E-state index contributed by atoms with van der Waals surface area (Å²) in [7, 11) is 0. The first-order valence-corrected chi connectivity index (χ1v) is 8.04. The van der Waals surface area contributed by atoms with Crippen LogP contribution in [-0.2, 0) is 13.0 Å². The molecule has 1 N–H and O–H groups in total. The molecule has 0 aromatic carbocycles. The molecule has 4 heteroatoms. The zero-order valence-corrected chi connectivity index (χ0v) is 14.8. The molecule has 1 atom stereocenters. The number of aryl methyl sites for hydroxylation is 2. The molecule has 0 fully saturated rings. The Labute approximate surface area is 126 Å². The Morgan fingerprint density at radius 3 is 2.42 bits per heavy atom. The van der Waals surface area contributed by atoms with Gasteiger partial charge in [0.1, 0.15) is 0 Å². The Bertz CT molecular complexity index is 404. The minimum absolute atomic E-state index is 0.186. The summed E-state index contributed by atoms with van der Waals surface area (Å²) in [4.78, 5) is 0. The smallest absolute Gasteiger partial charge is 0.0738 e. The molecule has 1 heterocycles. The highest BCUT2D eigenvalue weighted by atomic mass is 79.9. The van der Waals surface area contributed by atoms with E-state index in [0.717, 1.165) is 25.2 Å². The lowest BCUT2D eigenvalue weighted by atomic mass is 9.98. The van der Waals surface area contributed by atoms with E-state index < -0.39 is 0 Å². The van der Waals surface area contributed by atoms with E-state index in [9.17, 15) is 0 Å². The molecule has 1 aromatic heterocycles. The second kappa shape index (κ2) is 6.89. The van der Waals surface area contributed by atoms with Crippen molar-refractivity contribution < 1.29 is 0 Å². The van der Waals surface area contributed by atoms with Crippen molar-refractivity contribution in [3.63, 3.8) is 0 Å². The Morgan fingerprint density at radius 1 is 1.32 bits per heavy atom. The van der Waals surface area contributed by atoms with Crippen LogP contribution < -0.4 is 5.32 Å². The number of rotatable bonds is 6. The number of nitrogens with zero attached hydrogens (tertiary/aromatic N) is 2. The topological polar surface area (TPSA) is 29.9 Å². The predicted molar refractivity (Wildman–Crippen MR) is 85.6 cm³/mol. The Balaban J connectivity index is 2.75. The Morgan fingerprint density at radius 2 is 1.95 bits per heavy atom. The van der Waals surface area contributed by atoms with Crippen LogP contribution in [0.2, 0.25) is 0 Å². The van der Waals surface area contributed by atoms with Crippen LogP contribution >= 0.6 is 15.9 Å². The summed E-state index contributed by atoms with van der Waals surface area (Å²) >= 11 is 3.69. The third-order valence-electron chi connectivity index (χ3n) is 3.43. The molecule has 3 nitrogen and oxygen atoms in total. The molecule has 19 heavy (non-hydrogen) atoms. The van der Waals surface area contributed by atoms with Crippen LogP contribution in [0.1, 0.15) is 52.4 Å². The van der Waals surface area contributed by atoms with Gasteiger partial charge in [-0.25, -0.2) is 0 Å². The Hall–Kier alpha value is -0.350. The molecule has 1 rings (SSSR count). The predicted octanol–water partition coefficient (Wildman–Crippen LogP) is 3.93. The zero-order chi connectivity index (χ0) is 14.6. The Kier molecular flexibility index (Phi) is 6.06. The number of hydrogen-bond acceptors (Lipinski definition) is 2. The van der Waals surface area contributed by atoms with Crippen molar-refractivity contribution in [1.29, 1.82) is 0 Å². The van der Waals surface area contributed by atoms with Crippen LogP contribution in [0.3, 0.4) is 0 Å². The number of hydrogen-bond donors (Lipinski definition) is 1. The van der Waals surface area contributed by atoms with E-state index in [1.807, 2.05) is 0 Å². The van der Waals surface area contributed by atoms with Gasteiger partial charge < -0.3 is 5.32 Å². The molecule has 110 valence electrons. The molecule has 0 aliphatic carbocycles. The average molecular weight is 330 g/mol. The summed E-state index contributed by atoms with van der Waals surface area (Å²) in [6.45, 7) is 15.1. The van der Waals surface area contributed by atoms with E-state index in [-0.39, 0.29) is 5.54 Å². The first-order valence-electron chi connectivity index (χ1n) is 7.25. The average Bonchev–Trinajstić information content (AvgIpc) is 2.60. The van der Waals surface area contributed by atoms with Gasteiger partial charge in [-0.15, -0.1) is 0 Å². The lowest BCUT2D eigenvalue weighted by Crippen LogP contribution is -2.39. The van der Waals surface area contributed by atoms with Gasteiger partial charge in [-0.2, -0.15) is 5.10 Å². The molecule has 0 aliphatic rings. The van der Waals surface area contributed by atoms with Crippen molar-refractivity contribution in [1.82, 2.24) is 15.1 Å². The molecular weight excluding hydrogens is 302 g/mol. The van der Waals surface area contributed by atoms with Crippen LogP contribution in [0.25, 0.3) is 0 Å². The molecule has 1 aromatic rings. The maximum absolute atomic E-state index is 4.57. The monoisotopic (exact) mass is 329 g/mol. The van der Waals surface area contributed by atoms with Gasteiger partial charge in [0, 0.05) is 12.1 Å². The quantitative estimate of drug-likeness (QED) is 0.856. The summed E-state index contributed by atoms with van der Waals surface area (Å²) < 4.78 is 3.31. The highest BCUT2D eigenvalue weighted by Crippen LogP contribution is 2.24. The van der Waals surface area contributed by atoms with Crippen LogP contribution in [0.5, 0.6) is 0 Å². The number of nitrogens with one attached hydrogen (secondary N) is 1. The van der Waals surface area contributed by atoms with Gasteiger partial charge in [0.25, 0.3) is 0 Å². The van der Waals surface area contributed by atoms with Gasteiger partial charge in [-0.1, -0.05) is 13.3 Å². The SMILES string of the molecule is CCC(CNC(C)(C)C)Cc1c(Br)c(C)nn1CC. The maximum Gasteiger partial charge on any atom is 0.0738 e. The first-order chi connectivity index (χ1) is 8.78. The van der Waals surface area contributed by atoms with Crippen molar-refractivity contribution >= 4 is 15.9 Å². The minimum Gasteiger partial charge on any atom is -0.312 e. The highest BCUT2D eigenvalue weighted by molar-refractivity contribution is 9.10. The lowest BCUT2D eigenvalue weighted by Gasteiger charge is -2.25. The largest absolute Gasteiger partial charge is 0.312 e. The fourth-order valence-corrected chi connectivity index (χ4v) is 2.59. The van der Waals surface area contributed by atoms with Crippen LogP contribution in [0.4, 0.5) is 0 Å². The molecule has 0 spiro atoms. The second-order valence-corrected chi connectivity index (χ2v) is 7.06. The van der Waals surface area contributed by atoms with Crippen LogP contribution in [-0.4, -0.2) is 21.9 Å². The molecule has 0 radical (unpaired) electrons. The van der Waals surface area contributed by atoms with Crippen molar-refractivity contribution in [3.8, 4) is 0 Å². The van der Waals surface area contributed by atoms with E-state index in [4.69, 9.17) is 0 Å². The molecule has 0 saturated heterocycles. The van der Waals surface area contributed by atoms with Crippen molar-refractivity contribution in [2.45, 2.75) is 66.5 Å². The molecule has 1 unspecified atom stereocenters. The second-order valence-electron chi connectivity index (χ2n) is 6.27. The van der Waals surface area contributed by atoms with E-state index in [2.05, 4.69) is 72.6 Å². The first kappa shape index (κ1) is 16.7. The van der Waals surface area contributed by atoms with Gasteiger partial charge >= 0.3 is 0 Å². The van der Waals surface area contributed by atoms with Gasteiger partial charge in [-0.05, 0) is 69.4 Å². The van der Waals surface area contributed by atoms with Crippen molar-refractivity contribution in [2.24, 2.45) is 5.92 Å². The summed E-state index contributed by atoms with van der Waals surface area (Å²) in [6.07, 6.45) is 2.26. The van der Waals surface area contributed by atoms with Crippen molar-refractivity contribution in [3.05, 3.63) is 15.9 Å². The van der Waals surface area contributed by atoms with E-state index in [1.54, 1.807) is 0 Å². The molecule has 0 saturated carbocycles. The fraction of sp³-hybridized carbons (Fsp3) is 0.800. The standard InChI is InChI=1S/C15H28BrN3/c1-7-12(10-17-15(4,5)6)9-13-14(16)11(3)18-19(13)8-2/h12,17H,7-10H2,1-6H3. The van der Waals surface area contributed by atoms with Gasteiger partial charge in [0.15, 0.2) is 0 Å². The van der Waals surface area contributed by atoms with E-state index in [0.29, 0.717) is 5.92 Å². The van der Waals surface area contributed by atoms with Gasteiger partial charge in [0.2, 0.25) is 0 Å². The molecule has 0 aliphatic heterocycles. The van der Waals surface area contributed by atoms with E-state index >= 15 is 0 Å². The lowest BCUT2D eigenvalue weighted by molar-refractivity contribution is 0.358. The molecule has 0 bridgehead atoms. The third kappa shape index (κ3) is 4.92. The van der Waals surface area contributed by atoms with Crippen LogP contribution in [0.15, 0.2) is 4.47 Å². The third-order valence-corrected chi connectivity index (χ3v) is 4.46. The number of aromatic nitrogens is 2. The summed E-state index contributed by atoms with van der Waals surface area (Å²) in [6, 6.07) is 0. The summed E-state index contributed by atoms with van der Waals surface area (Å²) in [5, 5.41) is 8.19. The van der Waals surface area contributed by atoms with Crippen LogP contribution in [0, 0.1) is 12.8 Å². The number of halogens is 1. The van der Waals surface area contributed by atoms with Gasteiger partial charge in [-0.3, -0.25) is 4.68 Å². The minimum atomic E-state index is 0.186. The highest BCUT2D eigenvalue weighted by Gasteiger charge is 2.18. The zero-order valence-electron chi connectivity index (χ0n) is 13.2. The van der Waals surface area contributed by atoms with Crippen molar-refractivity contribution in [2.75, 3.05) is 6.54 Å². The summed E-state index contributed by atoms with van der Waals surface area (Å²) in [5.74, 6) is 0.650. The maximum atomic E-state index is 4.57.